The van der Waals surface area contributed by atoms with Crippen LogP contribution in [0, 0.1) is 5.82 Å². The molecule has 13 heteroatoms. The Balaban J connectivity index is 1.16. The van der Waals surface area contributed by atoms with Crippen molar-refractivity contribution in [2.75, 3.05) is 42.3 Å². The van der Waals surface area contributed by atoms with Crippen molar-refractivity contribution in [3.8, 4) is 5.75 Å². The number of carbonyl (C=O) groups is 2. The van der Waals surface area contributed by atoms with Crippen molar-refractivity contribution >= 4 is 41.0 Å². The standard InChI is InChI=1S/C34H33FN8O4/c35-26-10-6-23(7-11-26)22-38-31(46)25-8-12-27(13-9-25)39-33-41-32(42-34(43-33)40-28-14-16-29(44)17-15-28)37-19-21-47-20-18-36-30(45)24-4-2-1-3-5-24/h1-17,44H,18-22H2,(H,36,45)(H,38,46)(H3,37,39,40,41,42,43). The van der Waals surface area contributed by atoms with Gasteiger partial charge >= 0.3 is 0 Å². The predicted octanol–water partition coefficient (Wildman–Crippen LogP) is 4.99. The molecule has 12 nitrogen and oxygen atoms in total. The summed E-state index contributed by atoms with van der Waals surface area (Å²) in [6, 6.07) is 28.1. The van der Waals surface area contributed by atoms with Gasteiger partial charge in [-0.15, -0.1) is 0 Å². The van der Waals surface area contributed by atoms with Crippen LogP contribution in [0.3, 0.4) is 0 Å². The van der Waals surface area contributed by atoms with E-state index < -0.39 is 0 Å². The molecule has 0 aliphatic rings. The highest BCUT2D eigenvalue weighted by atomic mass is 19.1. The lowest BCUT2D eigenvalue weighted by atomic mass is 10.1. The second-order valence-electron chi connectivity index (χ2n) is 10.2. The Bertz CT molecular complexity index is 1760. The molecular weight excluding hydrogens is 603 g/mol. The van der Waals surface area contributed by atoms with Crippen LogP contribution >= 0.6 is 0 Å². The number of aromatic hydroxyl groups is 1. The van der Waals surface area contributed by atoms with Crippen LogP contribution in [0.15, 0.2) is 103 Å². The zero-order chi connectivity index (χ0) is 32.8. The van der Waals surface area contributed by atoms with Gasteiger partial charge in [-0.2, -0.15) is 15.0 Å². The zero-order valence-corrected chi connectivity index (χ0v) is 25.2. The first kappa shape index (κ1) is 32.3. The van der Waals surface area contributed by atoms with Crippen LogP contribution < -0.4 is 26.6 Å². The molecule has 0 spiro atoms. The second kappa shape index (κ2) is 16.3. The summed E-state index contributed by atoms with van der Waals surface area (Å²) in [5.41, 5.74) is 3.11. The van der Waals surface area contributed by atoms with Gasteiger partial charge in [-0.1, -0.05) is 30.3 Å². The summed E-state index contributed by atoms with van der Waals surface area (Å²) in [5.74, 6) is 0.128. The first-order valence-corrected chi connectivity index (χ1v) is 14.8. The molecule has 0 fully saturated rings. The molecule has 1 aromatic heterocycles. The van der Waals surface area contributed by atoms with E-state index in [1.807, 2.05) is 18.2 Å². The van der Waals surface area contributed by atoms with Crippen molar-refractivity contribution < 1.29 is 23.8 Å². The van der Waals surface area contributed by atoms with Gasteiger partial charge in [-0.05, 0) is 78.4 Å². The van der Waals surface area contributed by atoms with Crippen molar-refractivity contribution in [3.05, 3.63) is 126 Å². The van der Waals surface area contributed by atoms with Gasteiger partial charge in [-0.25, -0.2) is 4.39 Å². The summed E-state index contributed by atoms with van der Waals surface area (Å²) < 4.78 is 18.8. The molecule has 0 aliphatic carbocycles. The molecule has 4 aromatic carbocycles. The van der Waals surface area contributed by atoms with Crippen LogP contribution in [0.2, 0.25) is 0 Å². The molecule has 6 N–H and O–H groups in total. The number of phenols is 1. The van der Waals surface area contributed by atoms with E-state index in [0.717, 1.165) is 5.56 Å². The Morgan fingerprint density at radius 1 is 0.638 bits per heavy atom. The molecule has 47 heavy (non-hydrogen) atoms. The Morgan fingerprint density at radius 3 is 1.85 bits per heavy atom. The summed E-state index contributed by atoms with van der Waals surface area (Å²) in [6.07, 6.45) is 0. The summed E-state index contributed by atoms with van der Waals surface area (Å²) >= 11 is 0. The van der Waals surface area contributed by atoms with Gasteiger partial charge in [0.25, 0.3) is 11.8 Å². The Morgan fingerprint density at radius 2 is 1.19 bits per heavy atom. The maximum atomic E-state index is 13.1. The van der Waals surface area contributed by atoms with Crippen LogP contribution in [-0.4, -0.2) is 58.2 Å². The van der Waals surface area contributed by atoms with Gasteiger partial charge in [0.05, 0.1) is 13.2 Å². The molecule has 5 aromatic rings. The topological polar surface area (TPSA) is 162 Å². The molecule has 0 atom stereocenters. The fourth-order valence-electron chi connectivity index (χ4n) is 4.23. The number of halogens is 1. The minimum atomic E-state index is -0.334. The van der Waals surface area contributed by atoms with Gasteiger partial charge in [0, 0.05) is 42.1 Å². The van der Waals surface area contributed by atoms with Gasteiger partial charge in [0.2, 0.25) is 17.8 Å². The Kier molecular flexibility index (Phi) is 11.2. The van der Waals surface area contributed by atoms with Crippen molar-refractivity contribution in [2.45, 2.75) is 6.54 Å². The lowest BCUT2D eigenvalue weighted by Crippen LogP contribution is -2.27. The van der Waals surface area contributed by atoms with Crippen molar-refractivity contribution in [1.29, 1.82) is 0 Å². The molecule has 0 bridgehead atoms. The monoisotopic (exact) mass is 636 g/mol. The SMILES string of the molecule is O=C(NCCOCCNc1nc(Nc2ccc(O)cc2)nc(Nc2ccc(C(=O)NCc3ccc(F)cc3)cc2)n1)c1ccccc1. The molecule has 2 amide bonds. The average molecular weight is 637 g/mol. The minimum Gasteiger partial charge on any atom is -0.508 e. The normalized spacial score (nSPS) is 10.6. The average Bonchev–Trinajstić information content (AvgIpc) is 3.09. The maximum absolute atomic E-state index is 13.1. The number of benzene rings is 4. The van der Waals surface area contributed by atoms with Crippen LogP contribution in [0.4, 0.5) is 33.6 Å². The number of nitrogens with one attached hydrogen (secondary N) is 5. The third-order valence-corrected chi connectivity index (χ3v) is 6.63. The van der Waals surface area contributed by atoms with E-state index in [1.165, 1.54) is 12.1 Å². The number of anilines is 5. The number of nitrogens with zero attached hydrogens (tertiary/aromatic N) is 3. The quantitative estimate of drug-likeness (QED) is 0.0682. The number of aromatic nitrogens is 3. The first-order chi connectivity index (χ1) is 22.9. The smallest absolute Gasteiger partial charge is 0.251 e. The predicted molar refractivity (Wildman–Crippen MR) is 177 cm³/mol. The first-order valence-electron chi connectivity index (χ1n) is 14.8. The molecule has 0 radical (unpaired) electrons. The highest BCUT2D eigenvalue weighted by Crippen LogP contribution is 2.21. The Labute approximate surface area is 270 Å². The van der Waals surface area contributed by atoms with Crippen LogP contribution in [0.1, 0.15) is 26.3 Å². The molecule has 0 saturated heterocycles. The van der Waals surface area contributed by atoms with E-state index in [4.69, 9.17) is 4.74 Å². The van der Waals surface area contributed by atoms with Crippen LogP contribution in [0.25, 0.3) is 0 Å². The fraction of sp³-hybridized carbons (Fsp3) is 0.147. The summed E-state index contributed by atoms with van der Waals surface area (Å²) in [4.78, 5) is 38.1. The molecule has 240 valence electrons. The number of hydrogen-bond acceptors (Lipinski definition) is 10. The number of carbonyl (C=O) groups excluding carboxylic acids is 2. The third kappa shape index (κ3) is 10.2. The summed E-state index contributed by atoms with van der Waals surface area (Å²) in [6.45, 7) is 1.69. The van der Waals surface area contributed by atoms with Crippen molar-refractivity contribution in [2.24, 2.45) is 0 Å². The minimum absolute atomic E-state index is 0.128. The van der Waals surface area contributed by atoms with E-state index in [9.17, 15) is 19.1 Å². The number of phenolic OH excluding ortho intramolecular Hbond substituents is 1. The second-order valence-corrected chi connectivity index (χ2v) is 10.2. The van der Waals surface area contributed by atoms with Gasteiger partial charge in [0.1, 0.15) is 11.6 Å². The highest BCUT2D eigenvalue weighted by Gasteiger charge is 2.10. The Hall–Kier alpha value is -6.08. The zero-order valence-electron chi connectivity index (χ0n) is 25.2. The van der Waals surface area contributed by atoms with Crippen molar-refractivity contribution in [3.63, 3.8) is 0 Å². The number of rotatable bonds is 15. The summed E-state index contributed by atoms with van der Waals surface area (Å²) in [5, 5.41) is 24.6. The van der Waals surface area contributed by atoms with Gasteiger partial charge < -0.3 is 36.4 Å². The van der Waals surface area contributed by atoms with Crippen LogP contribution in [0.5, 0.6) is 5.75 Å². The lowest BCUT2D eigenvalue weighted by molar-refractivity contribution is 0.0919. The van der Waals surface area contributed by atoms with Crippen molar-refractivity contribution in [1.82, 2.24) is 25.6 Å². The number of ether oxygens (including phenoxy) is 1. The van der Waals surface area contributed by atoms with Gasteiger partial charge in [-0.3, -0.25) is 9.59 Å². The third-order valence-electron chi connectivity index (χ3n) is 6.63. The maximum Gasteiger partial charge on any atom is 0.251 e. The van der Waals surface area contributed by atoms with E-state index >= 15 is 0 Å². The van der Waals surface area contributed by atoms with E-state index in [-0.39, 0.29) is 47.8 Å². The van der Waals surface area contributed by atoms with E-state index in [1.54, 1.807) is 72.8 Å². The van der Waals surface area contributed by atoms with Crippen LogP contribution in [-0.2, 0) is 11.3 Å². The summed E-state index contributed by atoms with van der Waals surface area (Å²) in [7, 11) is 0. The number of hydrogen-bond donors (Lipinski definition) is 6. The van der Waals surface area contributed by atoms with E-state index in [2.05, 4.69) is 41.5 Å². The molecule has 0 unspecified atom stereocenters. The number of amides is 2. The van der Waals surface area contributed by atoms with Gasteiger partial charge in [0.15, 0.2) is 0 Å². The lowest BCUT2D eigenvalue weighted by Gasteiger charge is -2.12. The largest absolute Gasteiger partial charge is 0.508 e. The van der Waals surface area contributed by atoms with E-state index in [0.29, 0.717) is 48.8 Å². The molecular formula is C34H33FN8O4. The molecule has 5 rings (SSSR count). The molecule has 1 heterocycles. The highest BCUT2D eigenvalue weighted by molar-refractivity contribution is 5.94. The molecule has 0 aliphatic heterocycles. The fourth-order valence-corrected chi connectivity index (χ4v) is 4.23. The molecule has 0 saturated carbocycles.